The van der Waals surface area contributed by atoms with Crippen molar-refractivity contribution in [3.63, 3.8) is 0 Å². The van der Waals surface area contributed by atoms with Crippen molar-refractivity contribution >= 4 is 17.1 Å². The van der Waals surface area contributed by atoms with Gasteiger partial charge in [-0.25, -0.2) is 0 Å². The van der Waals surface area contributed by atoms with Crippen LogP contribution in [-0.2, 0) is 4.79 Å². The van der Waals surface area contributed by atoms with E-state index in [0.29, 0.717) is 11.5 Å². The van der Waals surface area contributed by atoms with Gasteiger partial charge in [0, 0.05) is 29.7 Å². The highest BCUT2D eigenvalue weighted by atomic mass is 16.5. The van der Waals surface area contributed by atoms with E-state index in [4.69, 9.17) is 14.2 Å². The Bertz CT molecular complexity index is 1110. The standard InChI is InChI=1S/C26H24O4/c1-17(27)29-21-14-15-22-23(16-21)30-26(2,3)25(19-10-12-20(28-4)13-11-19)24(22)18-8-6-5-7-9-18/h5-16H,1-4H3. The summed E-state index contributed by atoms with van der Waals surface area (Å²) in [7, 11) is 1.66. The van der Waals surface area contributed by atoms with Crippen LogP contribution in [0.25, 0.3) is 11.1 Å². The predicted octanol–water partition coefficient (Wildman–Crippen LogP) is 5.75. The lowest BCUT2D eigenvalue weighted by molar-refractivity contribution is -0.131. The van der Waals surface area contributed by atoms with E-state index in [9.17, 15) is 4.79 Å². The second kappa shape index (κ2) is 7.71. The molecule has 30 heavy (non-hydrogen) atoms. The highest BCUT2D eigenvalue weighted by Gasteiger charge is 2.36. The quantitative estimate of drug-likeness (QED) is 0.413. The molecule has 0 saturated carbocycles. The highest BCUT2D eigenvalue weighted by Crippen LogP contribution is 2.49. The number of carbonyl (C=O) groups excluding carboxylic acids is 1. The maximum atomic E-state index is 11.4. The van der Waals surface area contributed by atoms with Crippen molar-refractivity contribution in [2.45, 2.75) is 26.4 Å². The van der Waals surface area contributed by atoms with Crippen molar-refractivity contribution in [1.82, 2.24) is 0 Å². The first kappa shape index (κ1) is 19.8. The molecule has 0 bridgehead atoms. The van der Waals surface area contributed by atoms with Gasteiger partial charge in [-0.15, -0.1) is 0 Å². The van der Waals surface area contributed by atoms with E-state index in [1.54, 1.807) is 19.2 Å². The fourth-order valence-corrected chi connectivity index (χ4v) is 3.94. The Labute approximate surface area is 176 Å². The van der Waals surface area contributed by atoms with Crippen molar-refractivity contribution < 1.29 is 19.0 Å². The first-order chi connectivity index (χ1) is 14.4. The van der Waals surface area contributed by atoms with Gasteiger partial charge in [-0.2, -0.15) is 0 Å². The molecule has 0 aliphatic carbocycles. The average Bonchev–Trinajstić information content (AvgIpc) is 2.72. The molecule has 0 atom stereocenters. The fraction of sp³-hybridized carbons (Fsp3) is 0.192. The maximum Gasteiger partial charge on any atom is 0.308 e. The molecule has 4 heteroatoms. The first-order valence-corrected chi connectivity index (χ1v) is 9.85. The van der Waals surface area contributed by atoms with E-state index >= 15 is 0 Å². The Hall–Kier alpha value is -3.53. The number of methoxy groups -OCH3 is 1. The summed E-state index contributed by atoms with van der Waals surface area (Å²) in [5, 5.41) is 0. The summed E-state index contributed by atoms with van der Waals surface area (Å²) in [5.41, 5.74) is 4.70. The van der Waals surface area contributed by atoms with E-state index in [1.165, 1.54) is 6.92 Å². The van der Waals surface area contributed by atoms with E-state index in [1.807, 2.05) is 36.4 Å². The zero-order valence-corrected chi connectivity index (χ0v) is 17.6. The minimum absolute atomic E-state index is 0.359. The number of esters is 1. The van der Waals surface area contributed by atoms with Crippen molar-refractivity contribution in [3.8, 4) is 17.2 Å². The van der Waals surface area contributed by atoms with Crippen LogP contribution in [0.15, 0.2) is 72.8 Å². The maximum absolute atomic E-state index is 11.4. The molecular formula is C26H24O4. The lowest BCUT2D eigenvalue weighted by Crippen LogP contribution is -2.34. The molecule has 152 valence electrons. The SMILES string of the molecule is COc1ccc(C2=C(c3ccccc3)c3ccc(OC(C)=O)cc3OC2(C)C)cc1. The molecule has 0 radical (unpaired) electrons. The minimum Gasteiger partial charge on any atom is -0.497 e. The topological polar surface area (TPSA) is 44.8 Å². The number of rotatable bonds is 4. The summed E-state index contributed by atoms with van der Waals surface area (Å²) < 4.78 is 17.0. The molecule has 0 N–H and O–H groups in total. The molecule has 0 spiro atoms. The summed E-state index contributed by atoms with van der Waals surface area (Å²) in [6.45, 7) is 5.50. The van der Waals surface area contributed by atoms with Crippen LogP contribution in [0.2, 0.25) is 0 Å². The van der Waals surface area contributed by atoms with Gasteiger partial charge in [-0.05, 0) is 49.2 Å². The van der Waals surface area contributed by atoms with Gasteiger partial charge >= 0.3 is 5.97 Å². The number of hydrogen-bond acceptors (Lipinski definition) is 4. The molecular weight excluding hydrogens is 376 g/mol. The number of hydrogen-bond donors (Lipinski definition) is 0. The van der Waals surface area contributed by atoms with Gasteiger partial charge in [-0.3, -0.25) is 4.79 Å². The second-order valence-electron chi connectivity index (χ2n) is 7.71. The summed E-state index contributed by atoms with van der Waals surface area (Å²) in [5.74, 6) is 1.61. The van der Waals surface area contributed by atoms with Crippen LogP contribution < -0.4 is 14.2 Å². The second-order valence-corrected chi connectivity index (χ2v) is 7.71. The third kappa shape index (κ3) is 3.69. The van der Waals surface area contributed by atoms with Crippen molar-refractivity contribution in [3.05, 3.63) is 89.5 Å². The van der Waals surface area contributed by atoms with Crippen LogP contribution in [0, 0.1) is 0 Å². The van der Waals surface area contributed by atoms with Gasteiger partial charge in [0.1, 0.15) is 22.8 Å². The zero-order valence-electron chi connectivity index (χ0n) is 17.6. The zero-order chi connectivity index (χ0) is 21.3. The van der Waals surface area contributed by atoms with Crippen LogP contribution >= 0.6 is 0 Å². The average molecular weight is 400 g/mol. The Balaban J connectivity index is 1.98. The number of ether oxygens (including phenoxy) is 3. The third-order valence-electron chi connectivity index (χ3n) is 5.14. The number of fused-ring (bicyclic) bond motifs is 1. The van der Waals surface area contributed by atoms with Gasteiger partial charge in [0.15, 0.2) is 0 Å². The minimum atomic E-state index is -0.610. The van der Waals surface area contributed by atoms with Gasteiger partial charge in [0.25, 0.3) is 0 Å². The first-order valence-electron chi connectivity index (χ1n) is 9.85. The van der Waals surface area contributed by atoms with E-state index in [-0.39, 0.29) is 5.97 Å². The van der Waals surface area contributed by atoms with Gasteiger partial charge in [0.05, 0.1) is 7.11 Å². The lowest BCUT2D eigenvalue weighted by Gasteiger charge is -2.38. The fourth-order valence-electron chi connectivity index (χ4n) is 3.94. The summed E-state index contributed by atoms with van der Waals surface area (Å²) >= 11 is 0. The van der Waals surface area contributed by atoms with Gasteiger partial charge in [-0.1, -0.05) is 42.5 Å². The number of carbonyl (C=O) groups is 1. The van der Waals surface area contributed by atoms with Crippen LogP contribution in [0.4, 0.5) is 0 Å². The van der Waals surface area contributed by atoms with Crippen LogP contribution in [0.1, 0.15) is 37.5 Å². The lowest BCUT2D eigenvalue weighted by atomic mass is 9.79. The Morgan fingerprint density at radius 3 is 2.17 bits per heavy atom. The Kier molecular flexibility index (Phi) is 5.08. The summed E-state index contributed by atoms with van der Waals surface area (Å²) in [6.07, 6.45) is 0. The predicted molar refractivity (Wildman–Crippen MR) is 118 cm³/mol. The summed E-state index contributed by atoms with van der Waals surface area (Å²) in [6, 6.07) is 23.8. The molecule has 0 unspecified atom stereocenters. The van der Waals surface area contributed by atoms with Gasteiger partial charge < -0.3 is 14.2 Å². The molecule has 4 nitrogen and oxygen atoms in total. The van der Waals surface area contributed by atoms with Crippen molar-refractivity contribution in [2.24, 2.45) is 0 Å². The molecule has 4 rings (SSSR count). The van der Waals surface area contributed by atoms with Crippen LogP contribution in [0.3, 0.4) is 0 Å². The molecule has 1 heterocycles. The van der Waals surface area contributed by atoms with E-state index < -0.39 is 5.60 Å². The highest BCUT2D eigenvalue weighted by molar-refractivity contribution is 6.04. The van der Waals surface area contributed by atoms with Crippen LogP contribution in [-0.4, -0.2) is 18.7 Å². The van der Waals surface area contributed by atoms with Gasteiger partial charge in [0.2, 0.25) is 0 Å². The normalized spacial score (nSPS) is 14.5. The third-order valence-corrected chi connectivity index (χ3v) is 5.14. The molecule has 1 aliphatic rings. The number of benzene rings is 3. The summed E-state index contributed by atoms with van der Waals surface area (Å²) in [4.78, 5) is 11.4. The molecule has 0 fully saturated rings. The van der Waals surface area contributed by atoms with Crippen molar-refractivity contribution in [1.29, 1.82) is 0 Å². The van der Waals surface area contributed by atoms with E-state index in [2.05, 4.69) is 38.1 Å². The molecule has 0 saturated heterocycles. The van der Waals surface area contributed by atoms with Crippen molar-refractivity contribution in [2.75, 3.05) is 7.11 Å². The molecule has 3 aromatic carbocycles. The van der Waals surface area contributed by atoms with E-state index in [0.717, 1.165) is 33.6 Å². The van der Waals surface area contributed by atoms with Crippen LogP contribution in [0.5, 0.6) is 17.2 Å². The molecule has 3 aromatic rings. The molecule has 0 amide bonds. The largest absolute Gasteiger partial charge is 0.497 e. The Morgan fingerprint density at radius 2 is 1.53 bits per heavy atom. The smallest absolute Gasteiger partial charge is 0.308 e. The Morgan fingerprint density at radius 1 is 0.867 bits per heavy atom. The molecule has 0 aromatic heterocycles. The monoisotopic (exact) mass is 400 g/mol. The molecule has 1 aliphatic heterocycles.